The van der Waals surface area contributed by atoms with E-state index in [2.05, 4.69) is 25.2 Å². The zero-order valence-electron chi connectivity index (χ0n) is 17.1. The molecule has 10 heteroatoms. The Morgan fingerprint density at radius 3 is 2.65 bits per heavy atom. The quantitative estimate of drug-likeness (QED) is 0.479. The normalized spacial score (nSPS) is 30.9. The Morgan fingerprint density at radius 2 is 1.94 bits per heavy atom. The second kappa shape index (κ2) is 7.59. The molecule has 0 radical (unpaired) electrons. The van der Waals surface area contributed by atoms with Crippen LogP contribution in [0.25, 0.3) is 11.2 Å². The van der Waals surface area contributed by atoms with E-state index in [-0.39, 0.29) is 12.5 Å². The molecule has 3 heterocycles. The maximum absolute atomic E-state index is 10.5. The molecule has 0 spiro atoms. The summed E-state index contributed by atoms with van der Waals surface area (Å²) in [5, 5.41) is 35.2. The Bertz CT molecular complexity index is 1090. The van der Waals surface area contributed by atoms with Gasteiger partial charge in [-0.15, -0.1) is 0 Å². The van der Waals surface area contributed by atoms with Crippen molar-refractivity contribution in [3.8, 4) is 0 Å². The van der Waals surface area contributed by atoms with Gasteiger partial charge in [0.2, 0.25) is 0 Å². The van der Waals surface area contributed by atoms with Crippen LogP contribution in [-0.4, -0.2) is 71.8 Å². The maximum Gasteiger partial charge on any atom is 0.165 e. The molecule has 5 rings (SSSR count). The lowest BCUT2D eigenvalue weighted by Gasteiger charge is -2.26. The Kier molecular flexibility index (Phi) is 5.01. The monoisotopic (exact) mass is 444 g/mol. The van der Waals surface area contributed by atoms with Crippen LogP contribution in [0.3, 0.4) is 0 Å². The number of aliphatic hydroxyl groups excluding tert-OH is 2. The summed E-state index contributed by atoms with van der Waals surface area (Å²) in [4.78, 5) is 15.5. The molecule has 4 N–H and O–H groups in total. The molecular weight excluding hydrogens is 420 g/mol. The number of anilines is 2. The molecule has 0 amide bonds. The van der Waals surface area contributed by atoms with Crippen LogP contribution in [0.2, 0.25) is 5.02 Å². The lowest BCUT2D eigenvalue weighted by atomic mass is 10.0. The lowest BCUT2D eigenvalue weighted by molar-refractivity contribution is -0.103. The van der Waals surface area contributed by atoms with Crippen LogP contribution in [0.5, 0.6) is 0 Å². The van der Waals surface area contributed by atoms with E-state index in [9.17, 15) is 15.3 Å². The van der Waals surface area contributed by atoms with Crippen LogP contribution in [0.1, 0.15) is 25.8 Å². The number of aromatic nitrogens is 4. The molecule has 1 aliphatic carbocycles. The highest BCUT2D eigenvalue weighted by Crippen LogP contribution is 2.39. The van der Waals surface area contributed by atoms with Crippen LogP contribution in [0.4, 0.5) is 11.5 Å². The third-order valence-electron chi connectivity index (χ3n) is 6.54. The molecule has 1 saturated carbocycles. The number of hydrogen-bond donors (Lipinski definition) is 4. The molecule has 5 atom stereocenters. The van der Waals surface area contributed by atoms with Crippen molar-refractivity contribution in [3.63, 3.8) is 0 Å². The lowest BCUT2D eigenvalue weighted by Crippen LogP contribution is -2.44. The van der Waals surface area contributed by atoms with E-state index >= 15 is 0 Å². The minimum absolute atomic E-state index is 0.193. The summed E-state index contributed by atoms with van der Waals surface area (Å²) in [5.41, 5.74) is 0.705. The Balaban J connectivity index is 1.36. The van der Waals surface area contributed by atoms with Gasteiger partial charge >= 0.3 is 0 Å². The molecule has 0 unspecified atom stereocenters. The molecule has 1 saturated heterocycles. The smallest absolute Gasteiger partial charge is 0.165 e. The standard InChI is InChI=1S/C21H25ClN6O3/c1-21(31)16(29)8-15(18(21)30)28-11-25-17-19(23-10-24-20(17)28)26-13-6-7-27(9-13)14-4-2-12(22)3-5-14/h2-5,10-11,13,15-16,18,29-31H,6-9H2,1H3,(H,23,24,26)/t13-,15+,16+,18-,21+/m0/s1. The summed E-state index contributed by atoms with van der Waals surface area (Å²) >= 11 is 5.99. The largest absolute Gasteiger partial charge is 0.390 e. The van der Waals surface area contributed by atoms with E-state index in [1.165, 1.54) is 13.3 Å². The molecule has 2 fully saturated rings. The van der Waals surface area contributed by atoms with Gasteiger partial charge in [-0.3, -0.25) is 0 Å². The maximum atomic E-state index is 10.5. The third-order valence-corrected chi connectivity index (χ3v) is 6.79. The van der Waals surface area contributed by atoms with Gasteiger partial charge in [0, 0.05) is 29.8 Å². The molecule has 31 heavy (non-hydrogen) atoms. The van der Waals surface area contributed by atoms with Crippen LogP contribution in [-0.2, 0) is 0 Å². The number of hydrogen-bond acceptors (Lipinski definition) is 8. The Hall–Kier alpha value is -2.46. The highest BCUT2D eigenvalue weighted by Gasteiger charge is 2.51. The first-order valence-corrected chi connectivity index (χ1v) is 10.8. The van der Waals surface area contributed by atoms with Gasteiger partial charge in [-0.2, -0.15) is 0 Å². The minimum atomic E-state index is -1.58. The topological polar surface area (TPSA) is 120 Å². The number of rotatable bonds is 4. The van der Waals surface area contributed by atoms with Crippen molar-refractivity contribution in [2.45, 2.75) is 49.7 Å². The average molecular weight is 445 g/mol. The van der Waals surface area contributed by atoms with Crippen molar-refractivity contribution >= 4 is 34.3 Å². The highest BCUT2D eigenvalue weighted by atomic mass is 35.5. The summed E-state index contributed by atoms with van der Waals surface area (Å²) in [6, 6.07) is 7.49. The molecule has 3 aromatic rings. The number of halogens is 1. The number of nitrogens with zero attached hydrogens (tertiary/aromatic N) is 5. The predicted octanol–water partition coefficient (Wildman–Crippen LogP) is 1.59. The predicted molar refractivity (Wildman–Crippen MR) is 117 cm³/mol. The van der Waals surface area contributed by atoms with Crippen molar-refractivity contribution in [1.82, 2.24) is 19.5 Å². The van der Waals surface area contributed by atoms with Gasteiger partial charge in [0.1, 0.15) is 23.5 Å². The summed E-state index contributed by atoms with van der Waals surface area (Å²) in [6.45, 7) is 3.18. The molecule has 0 bridgehead atoms. The van der Waals surface area contributed by atoms with E-state index in [0.717, 1.165) is 30.2 Å². The second-order valence-electron chi connectivity index (χ2n) is 8.59. The van der Waals surface area contributed by atoms with Crippen LogP contribution >= 0.6 is 11.6 Å². The number of nitrogens with one attached hydrogen (secondary N) is 1. The molecular formula is C21H25ClN6O3. The fraction of sp³-hybridized carbons (Fsp3) is 0.476. The fourth-order valence-corrected chi connectivity index (χ4v) is 4.73. The SMILES string of the molecule is C[C@@]1(O)[C@H](O)C[C@@H](n2cnc3c(N[C@H]4CCN(c5ccc(Cl)cc5)C4)ncnc32)[C@@H]1O. The zero-order chi connectivity index (χ0) is 21.8. The van der Waals surface area contributed by atoms with Gasteiger partial charge in [0.05, 0.1) is 18.5 Å². The van der Waals surface area contributed by atoms with Gasteiger partial charge < -0.3 is 30.1 Å². The van der Waals surface area contributed by atoms with Crippen LogP contribution < -0.4 is 10.2 Å². The summed E-state index contributed by atoms with van der Waals surface area (Å²) < 4.78 is 1.71. The number of aliphatic hydroxyl groups is 3. The fourth-order valence-electron chi connectivity index (χ4n) is 4.61. The summed E-state index contributed by atoms with van der Waals surface area (Å²) in [7, 11) is 0. The zero-order valence-corrected chi connectivity index (χ0v) is 17.8. The van der Waals surface area contributed by atoms with Gasteiger partial charge in [-0.1, -0.05) is 11.6 Å². The van der Waals surface area contributed by atoms with Crippen molar-refractivity contribution in [1.29, 1.82) is 0 Å². The first-order chi connectivity index (χ1) is 14.8. The van der Waals surface area contributed by atoms with Crippen molar-refractivity contribution < 1.29 is 15.3 Å². The second-order valence-corrected chi connectivity index (χ2v) is 9.02. The van der Waals surface area contributed by atoms with Crippen molar-refractivity contribution in [2.75, 3.05) is 23.3 Å². The number of imidazole rings is 1. The van der Waals surface area contributed by atoms with Gasteiger partial charge in [0.25, 0.3) is 0 Å². The van der Waals surface area contributed by atoms with Crippen LogP contribution in [0, 0.1) is 0 Å². The van der Waals surface area contributed by atoms with E-state index < -0.39 is 23.9 Å². The van der Waals surface area contributed by atoms with E-state index in [4.69, 9.17) is 11.6 Å². The number of benzene rings is 1. The summed E-state index contributed by atoms with van der Waals surface area (Å²) in [6.07, 6.45) is 2.05. The molecule has 1 aromatic carbocycles. The number of fused-ring (bicyclic) bond motifs is 1. The molecule has 164 valence electrons. The van der Waals surface area contributed by atoms with Gasteiger partial charge in [-0.25, -0.2) is 15.0 Å². The molecule has 2 aromatic heterocycles. The Labute approximate surface area is 184 Å². The average Bonchev–Trinajstić information content (AvgIpc) is 3.43. The minimum Gasteiger partial charge on any atom is -0.390 e. The van der Waals surface area contributed by atoms with Gasteiger partial charge in [0.15, 0.2) is 11.5 Å². The molecule has 1 aliphatic heterocycles. The van der Waals surface area contributed by atoms with E-state index in [1.807, 2.05) is 24.3 Å². The Morgan fingerprint density at radius 1 is 1.16 bits per heavy atom. The van der Waals surface area contributed by atoms with Crippen LogP contribution in [0.15, 0.2) is 36.9 Å². The first-order valence-electron chi connectivity index (χ1n) is 10.4. The van der Waals surface area contributed by atoms with Crippen molar-refractivity contribution in [3.05, 3.63) is 41.9 Å². The van der Waals surface area contributed by atoms with E-state index in [1.54, 1.807) is 10.9 Å². The third kappa shape index (κ3) is 3.51. The molecule has 2 aliphatic rings. The molecule has 9 nitrogen and oxygen atoms in total. The van der Waals surface area contributed by atoms with E-state index in [0.29, 0.717) is 17.0 Å². The first kappa shape index (κ1) is 20.4. The van der Waals surface area contributed by atoms with Crippen molar-refractivity contribution in [2.24, 2.45) is 0 Å². The highest BCUT2D eigenvalue weighted by molar-refractivity contribution is 6.30. The van der Waals surface area contributed by atoms with Gasteiger partial charge in [-0.05, 0) is 44.0 Å². The summed E-state index contributed by atoms with van der Waals surface area (Å²) in [5.74, 6) is 0.631.